The van der Waals surface area contributed by atoms with Gasteiger partial charge in [-0.1, -0.05) is 55.0 Å². The Labute approximate surface area is 224 Å². The van der Waals surface area contributed by atoms with Crippen LogP contribution < -0.4 is 9.73 Å². The molecule has 11 heteroatoms. The third-order valence-electron chi connectivity index (χ3n) is 6.47. The first-order chi connectivity index (χ1) is 18.6. The third kappa shape index (κ3) is 4.61. The molecule has 1 saturated heterocycles. The largest absolute Gasteiger partial charge is 0.439 e. The van der Waals surface area contributed by atoms with Crippen LogP contribution >= 0.6 is 0 Å². The number of Topliss-reactive ketones (excluding diaryl/α,β-unsaturated/α-hetero) is 1. The summed E-state index contributed by atoms with van der Waals surface area (Å²) in [6.45, 7) is 5.37. The lowest BCUT2D eigenvalue weighted by Crippen LogP contribution is -2.55. The van der Waals surface area contributed by atoms with Gasteiger partial charge < -0.3 is 4.42 Å². The number of rotatable bonds is 6. The summed E-state index contributed by atoms with van der Waals surface area (Å²) in [5.41, 5.74) is 2.54. The highest BCUT2D eigenvalue weighted by Gasteiger charge is 2.50. The van der Waals surface area contributed by atoms with Crippen LogP contribution in [0.1, 0.15) is 35.4 Å². The summed E-state index contributed by atoms with van der Waals surface area (Å²) < 4.78 is 31.7. The lowest BCUT2D eigenvalue weighted by Gasteiger charge is -2.30. The Bertz CT molecular complexity index is 1740. The highest BCUT2D eigenvalue weighted by molar-refractivity contribution is 7.89. The van der Waals surface area contributed by atoms with E-state index in [0.717, 1.165) is 10.5 Å². The normalized spacial score (nSPS) is 17.3. The fourth-order valence-corrected chi connectivity index (χ4v) is 5.27. The Morgan fingerprint density at radius 3 is 2.36 bits per heavy atom. The van der Waals surface area contributed by atoms with Crippen LogP contribution in [0.4, 0.5) is 5.69 Å². The molecule has 4 aromatic rings. The molecule has 0 saturated carbocycles. The van der Waals surface area contributed by atoms with Gasteiger partial charge in [-0.15, -0.1) is 0 Å². The van der Waals surface area contributed by atoms with Gasteiger partial charge in [-0.3, -0.25) is 14.4 Å². The maximum absolute atomic E-state index is 13.9. The molecule has 3 aromatic carbocycles. The van der Waals surface area contributed by atoms with Crippen LogP contribution in [0, 0.1) is 13.8 Å². The molecule has 0 aliphatic carbocycles. The molecule has 1 unspecified atom stereocenters. The monoisotopic (exact) mass is 544 g/mol. The van der Waals surface area contributed by atoms with Gasteiger partial charge in [0.1, 0.15) is 11.2 Å². The van der Waals surface area contributed by atoms with E-state index < -0.39 is 39.3 Å². The first-order valence-corrected chi connectivity index (χ1v) is 13.6. The van der Waals surface area contributed by atoms with E-state index in [9.17, 15) is 22.8 Å². The Balaban J connectivity index is 1.66. The van der Waals surface area contributed by atoms with Crippen LogP contribution in [-0.4, -0.2) is 36.7 Å². The number of hydrazone groups is 1. The van der Waals surface area contributed by atoms with Crippen LogP contribution in [-0.2, 0) is 30.8 Å². The summed E-state index contributed by atoms with van der Waals surface area (Å²) in [7, 11) is -4.22. The first kappa shape index (κ1) is 26.0. The van der Waals surface area contributed by atoms with Gasteiger partial charge in [-0.25, -0.2) is 9.88 Å². The van der Waals surface area contributed by atoms with E-state index >= 15 is 0 Å². The summed E-state index contributed by atoms with van der Waals surface area (Å²) in [5.74, 6) is -4.96. The van der Waals surface area contributed by atoms with Crippen molar-refractivity contribution in [3.63, 3.8) is 0 Å². The number of piperidine rings is 1. The number of benzene rings is 3. The van der Waals surface area contributed by atoms with E-state index in [1.54, 1.807) is 61.5 Å². The minimum absolute atomic E-state index is 0.0921. The average molecular weight is 545 g/mol. The highest BCUT2D eigenvalue weighted by Crippen LogP contribution is 2.33. The number of carbonyl (C=O) groups excluding carboxylic acids is 3. The number of anilines is 1. The number of ketones is 1. The SMILES string of the molecule is CCc1cccc(C)c1N1C(=O)C(=O)C(c2nc3ccccc3o2)/C(=N\NS(=O)(=O)c2ccc(C)cc2)C1=O. The number of carbonyl (C=O) groups is 3. The summed E-state index contributed by atoms with van der Waals surface area (Å²) in [5, 5.41) is 3.92. The zero-order chi connectivity index (χ0) is 27.9. The predicted octanol–water partition coefficient (Wildman–Crippen LogP) is 3.57. The fourth-order valence-electron chi connectivity index (χ4n) is 4.45. The Morgan fingerprint density at radius 1 is 0.949 bits per heavy atom. The van der Waals surface area contributed by atoms with Gasteiger partial charge in [0.25, 0.3) is 15.9 Å². The second-order valence-corrected chi connectivity index (χ2v) is 10.8. The molecule has 10 nitrogen and oxygen atoms in total. The van der Waals surface area contributed by atoms with E-state index in [4.69, 9.17) is 4.42 Å². The minimum atomic E-state index is -4.22. The number of oxazole rings is 1. The van der Waals surface area contributed by atoms with E-state index in [1.165, 1.54) is 12.1 Å². The van der Waals surface area contributed by atoms with Gasteiger partial charge in [0.15, 0.2) is 11.5 Å². The maximum Gasteiger partial charge on any atom is 0.302 e. The van der Waals surface area contributed by atoms with Crippen molar-refractivity contribution in [2.75, 3.05) is 4.90 Å². The van der Waals surface area contributed by atoms with Crippen LogP contribution in [0.3, 0.4) is 0 Å². The average Bonchev–Trinajstić information content (AvgIpc) is 3.34. The van der Waals surface area contributed by atoms with Crippen LogP contribution in [0.2, 0.25) is 0 Å². The van der Waals surface area contributed by atoms with Crippen LogP contribution in [0.5, 0.6) is 0 Å². The van der Waals surface area contributed by atoms with Gasteiger partial charge in [0.05, 0.1) is 10.6 Å². The second kappa shape index (κ2) is 9.91. The summed E-state index contributed by atoms with van der Waals surface area (Å²) in [4.78, 5) is 48.0. The van der Waals surface area contributed by atoms with Crippen molar-refractivity contribution < 1.29 is 27.2 Å². The number of nitrogens with one attached hydrogen (secondary N) is 1. The van der Waals surface area contributed by atoms with Gasteiger partial charge in [0.2, 0.25) is 11.7 Å². The smallest absolute Gasteiger partial charge is 0.302 e. The number of hydrogen-bond donors (Lipinski definition) is 1. The lowest BCUT2D eigenvalue weighted by atomic mass is 9.90. The number of imide groups is 1. The molecule has 5 rings (SSSR count). The zero-order valence-electron chi connectivity index (χ0n) is 21.3. The summed E-state index contributed by atoms with van der Waals surface area (Å²) >= 11 is 0. The first-order valence-electron chi connectivity index (χ1n) is 12.1. The minimum Gasteiger partial charge on any atom is -0.439 e. The molecule has 1 aliphatic heterocycles. The summed E-state index contributed by atoms with van der Waals surface area (Å²) in [6.07, 6.45) is 0.476. The molecule has 0 radical (unpaired) electrons. The number of sulfonamides is 1. The van der Waals surface area contributed by atoms with Gasteiger partial charge in [-0.05, 0) is 55.7 Å². The fraction of sp³-hybridized carbons (Fsp3) is 0.179. The third-order valence-corrected chi connectivity index (χ3v) is 7.70. The Kier molecular flexibility index (Phi) is 6.61. The predicted molar refractivity (Wildman–Crippen MR) is 144 cm³/mol. The lowest BCUT2D eigenvalue weighted by molar-refractivity contribution is -0.139. The van der Waals surface area contributed by atoms with Crippen LogP contribution in [0.15, 0.2) is 81.1 Å². The molecule has 2 amide bonds. The highest BCUT2D eigenvalue weighted by atomic mass is 32.2. The molecule has 1 aromatic heterocycles. The Hall–Kier alpha value is -4.64. The number of aromatic nitrogens is 1. The molecule has 1 fully saturated rings. The van der Waals surface area contributed by atoms with Crippen molar-refractivity contribution in [2.45, 2.75) is 38.0 Å². The van der Waals surface area contributed by atoms with Crippen molar-refractivity contribution in [1.82, 2.24) is 9.82 Å². The van der Waals surface area contributed by atoms with Gasteiger partial charge >= 0.3 is 5.91 Å². The van der Waals surface area contributed by atoms with E-state index in [-0.39, 0.29) is 16.5 Å². The van der Waals surface area contributed by atoms with Crippen LogP contribution in [0.25, 0.3) is 11.1 Å². The van der Waals surface area contributed by atoms with Gasteiger partial charge in [-0.2, -0.15) is 18.4 Å². The summed E-state index contributed by atoms with van der Waals surface area (Å²) in [6, 6.07) is 17.9. The topological polar surface area (TPSA) is 139 Å². The maximum atomic E-state index is 13.9. The van der Waals surface area contributed by atoms with Crippen molar-refractivity contribution in [1.29, 1.82) is 0 Å². The molecule has 1 atom stereocenters. The molecular weight excluding hydrogens is 520 g/mol. The number of para-hydroxylation sites is 3. The standard InChI is InChI=1S/C28H24N4O6S/c1-4-18-9-7-8-17(3)24(18)32-27(34)23(30-31-39(36,37)19-14-12-16(2)13-15-19)22(25(33)28(32)35)26-29-20-10-5-6-11-21(20)38-26/h5-15,22,31H,4H2,1-3H3/b30-23+. The number of fused-ring (bicyclic) bond motifs is 1. The van der Waals surface area contributed by atoms with E-state index in [0.29, 0.717) is 28.6 Å². The zero-order valence-corrected chi connectivity index (χ0v) is 22.2. The van der Waals surface area contributed by atoms with E-state index in [1.807, 2.05) is 13.8 Å². The molecule has 1 aliphatic rings. The number of aryl methyl sites for hydroxylation is 3. The molecule has 198 valence electrons. The van der Waals surface area contributed by atoms with Gasteiger partial charge in [0, 0.05) is 0 Å². The molecule has 2 heterocycles. The van der Waals surface area contributed by atoms with Crippen molar-refractivity contribution >= 4 is 50.1 Å². The molecule has 0 bridgehead atoms. The number of nitrogens with zero attached hydrogens (tertiary/aromatic N) is 3. The van der Waals surface area contributed by atoms with Crippen molar-refractivity contribution in [3.8, 4) is 0 Å². The Morgan fingerprint density at radius 2 is 1.67 bits per heavy atom. The van der Waals surface area contributed by atoms with Crippen molar-refractivity contribution in [2.24, 2.45) is 5.10 Å². The quantitative estimate of drug-likeness (QED) is 0.222. The molecular formula is C28H24N4O6S. The number of hydrogen-bond acceptors (Lipinski definition) is 8. The number of amides is 2. The second-order valence-electron chi connectivity index (χ2n) is 9.10. The van der Waals surface area contributed by atoms with E-state index in [2.05, 4.69) is 14.9 Å². The molecule has 39 heavy (non-hydrogen) atoms. The van der Waals surface area contributed by atoms with Crippen molar-refractivity contribution in [3.05, 3.63) is 89.3 Å². The molecule has 0 spiro atoms. The molecule has 1 N–H and O–H groups in total.